The first-order chi connectivity index (χ1) is 7.78. The Bertz CT molecular complexity index is 534. The minimum absolute atomic E-state index is 0.589. The van der Waals surface area contributed by atoms with Crippen LogP contribution in [0.15, 0.2) is 46.7 Å². The zero-order valence-electron chi connectivity index (χ0n) is 8.09. The predicted octanol–water partition coefficient (Wildman–Crippen LogP) is 3.15. The lowest BCUT2D eigenvalue weighted by atomic mass is 10.3. The second kappa shape index (κ2) is 4.97. The summed E-state index contributed by atoms with van der Waals surface area (Å²) in [6.45, 7) is 0. The van der Waals surface area contributed by atoms with Gasteiger partial charge in [-0.2, -0.15) is 5.26 Å². The SMILES string of the molecule is N#Cc1ccnc(Sc2ccc(Cl)cn2)c1. The number of nitriles is 1. The van der Waals surface area contributed by atoms with Gasteiger partial charge in [-0.1, -0.05) is 23.4 Å². The Labute approximate surface area is 102 Å². The quantitative estimate of drug-likeness (QED) is 0.818. The van der Waals surface area contributed by atoms with E-state index in [-0.39, 0.29) is 0 Å². The summed E-state index contributed by atoms with van der Waals surface area (Å²) >= 11 is 7.13. The molecule has 2 aromatic heterocycles. The van der Waals surface area contributed by atoms with E-state index in [1.54, 1.807) is 30.6 Å². The van der Waals surface area contributed by atoms with Crippen molar-refractivity contribution in [3.63, 3.8) is 0 Å². The van der Waals surface area contributed by atoms with Crippen molar-refractivity contribution in [3.8, 4) is 6.07 Å². The second-order valence-corrected chi connectivity index (χ2v) is 4.39. The third kappa shape index (κ3) is 2.72. The monoisotopic (exact) mass is 247 g/mol. The number of nitrogens with zero attached hydrogens (tertiary/aromatic N) is 3. The van der Waals surface area contributed by atoms with Gasteiger partial charge in [0.05, 0.1) is 16.7 Å². The van der Waals surface area contributed by atoms with Crippen LogP contribution in [0.2, 0.25) is 5.02 Å². The zero-order valence-corrected chi connectivity index (χ0v) is 9.66. The van der Waals surface area contributed by atoms with Crippen molar-refractivity contribution in [2.24, 2.45) is 0 Å². The fourth-order valence-corrected chi connectivity index (χ4v) is 1.93. The summed E-state index contributed by atoms with van der Waals surface area (Å²) in [6.07, 6.45) is 3.19. The van der Waals surface area contributed by atoms with Gasteiger partial charge >= 0.3 is 0 Å². The molecule has 0 radical (unpaired) electrons. The highest BCUT2D eigenvalue weighted by Gasteiger charge is 2.01. The van der Waals surface area contributed by atoms with Crippen LogP contribution in [0.1, 0.15) is 5.56 Å². The maximum atomic E-state index is 8.74. The van der Waals surface area contributed by atoms with Crippen LogP contribution in [-0.2, 0) is 0 Å². The minimum Gasteiger partial charge on any atom is -0.249 e. The normalized spacial score (nSPS) is 9.75. The summed E-state index contributed by atoms with van der Waals surface area (Å²) in [5.41, 5.74) is 0.589. The summed E-state index contributed by atoms with van der Waals surface area (Å²) < 4.78 is 0. The zero-order chi connectivity index (χ0) is 11.4. The highest BCUT2D eigenvalue weighted by atomic mass is 35.5. The van der Waals surface area contributed by atoms with Crippen LogP contribution < -0.4 is 0 Å². The van der Waals surface area contributed by atoms with Crippen molar-refractivity contribution < 1.29 is 0 Å². The van der Waals surface area contributed by atoms with Crippen molar-refractivity contribution in [2.45, 2.75) is 10.1 Å². The lowest BCUT2D eigenvalue weighted by Gasteiger charge is -1.99. The lowest BCUT2D eigenvalue weighted by Crippen LogP contribution is -1.83. The Morgan fingerprint density at radius 1 is 1.19 bits per heavy atom. The molecule has 0 N–H and O–H groups in total. The van der Waals surface area contributed by atoms with Crippen LogP contribution in [0.25, 0.3) is 0 Å². The predicted molar refractivity (Wildman–Crippen MR) is 62.3 cm³/mol. The maximum Gasteiger partial charge on any atom is 0.103 e. The average molecular weight is 248 g/mol. The summed E-state index contributed by atoms with van der Waals surface area (Å²) in [6, 6.07) is 9.04. The molecule has 2 heterocycles. The molecule has 0 unspecified atom stereocenters. The summed E-state index contributed by atoms with van der Waals surface area (Å²) in [7, 11) is 0. The topological polar surface area (TPSA) is 49.6 Å². The first-order valence-corrected chi connectivity index (χ1v) is 5.63. The summed E-state index contributed by atoms with van der Waals surface area (Å²) in [5.74, 6) is 0. The highest BCUT2D eigenvalue weighted by Crippen LogP contribution is 2.24. The molecule has 0 amide bonds. The molecule has 2 rings (SSSR count). The molecule has 2 aromatic rings. The number of hydrogen-bond acceptors (Lipinski definition) is 4. The average Bonchev–Trinajstić information content (AvgIpc) is 2.32. The Kier molecular flexibility index (Phi) is 3.40. The highest BCUT2D eigenvalue weighted by molar-refractivity contribution is 7.99. The van der Waals surface area contributed by atoms with Crippen molar-refractivity contribution in [1.82, 2.24) is 9.97 Å². The van der Waals surface area contributed by atoms with Crippen LogP contribution in [0, 0.1) is 11.3 Å². The van der Waals surface area contributed by atoms with Crippen molar-refractivity contribution in [2.75, 3.05) is 0 Å². The van der Waals surface area contributed by atoms with Gasteiger partial charge < -0.3 is 0 Å². The molecule has 5 heteroatoms. The smallest absolute Gasteiger partial charge is 0.103 e. The molecule has 0 aliphatic rings. The number of pyridine rings is 2. The standard InChI is InChI=1S/C11H6ClN3S/c12-9-1-2-10(15-7-9)16-11-5-8(6-13)3-4-14-11/h1-5,7H. The third-order valence-electron chi connectivity index (χ3n) is 1.77. The maximum absolute atomic E-state index is 8.74. The first-order valence-electron chi connectivity index (χ1n) is 4.43. The van der Waals surface area contributed by atoms with Gasteiger partial charge in [0, 0.05) is 12.4 Å². The van der Waals surface area contributed by atoms with E-state index in [1.807, 2.05) is 6.07 Å². The van der Waals surface area contributed by atoms with Gasteiger partial charge in [-0.15, -0.1) is 0 Å². The number of hydrogen-bond donors (Lipinski definition) is 0. The van der Waals surface area contributed by atoms with E-state index in [9.17, 15) is 0 Å². The molecule has 0 aromatic carbocycles. The number of aromatic nitrogens is 2. The fraction of sp³-hybridized carbons (Fsp3) is 0. The molecule has 0 saturated heterocycles. The van der Waals surface area contributed by atoms with Crippen LogP contribution >= 0.6 is 23.4 Å². The van der Waals surface area contributed by atoms with Gasteiger partial charge in [0.2, 0.25) is 0 Å². The third-order valence-corrected chi connectivity index (χ3v) is 2.88. The molecule has 78 valence electrons. The Morgan fingerprint density at radius 2 is 2.06 bits per heavy atom. The van der Waals surface area contributed by atoms with E-state index in [1.165, 1.54) is 11.8 Å². The molecule has 0 fully saturated rings. The second-order valence-electron chi connectivity index (χ2n) is 2.91. The van der Waals surface area contributed by atoms with Crippen molar-refractivity contribution in [3.05, 3.63) is 47.2 Å². The van der Waals surface area contributed by atoms with Crippen molar-refractivity contribution in [1.29, 1.82) is 5.26 Å². The number of halogens is 1. The Hall–Kier alpha value is -1.57. The van der Waals surface area contributed by atoms with Crippen LogP contribution in [0.3, 0.4) is 0 Å². The fourth-order valence-electron chi connectivity index (χ4n) is 1.06. The molecule has 0 aliphatic carbocycles. The van der Waals surface area contributed by atoms with Gasteiger partial charge in [0.1, 0.15) is 10.1 Å². The Balaban J connectivity index is 2.21. The lowest BCUT2D eigenvalue weighted by molar-refractivity contribution is 1.09. The van der Waals surface area contributed by atoms with Crippen LogP contribution in [0.4, 0.5) is 0 Å². The molecule has 0 spiro atoms. The summed E-state index contributed by atoms with van der Waals surface area (Å²) in [4.78, 5) is 8.28. The molecule has 3 nitrogen and oxygen atoms in total. The molecule has 0 bridgehead atoms. The van der Waals surface area contributed by atoms with E-state index in [0.29, 0.717) is 10.6 Å². The van der Waals surface area contributed by atoms with E-state index in [2.05, 4.69) is 16.0 Å². The van der Waals surface area contributed by atoms with Gasteiger partial charge in [-0.3, -0.25) is 0 Å². The molecule has 16 heavy (non-hydrogen) atoms. The minimum atomic E-state index is 0.589. The van der Waals surface area contributed by atoms with Gasteiger partial charge in [-0.25, -0.2) is 9.97 Å². The van der Waals surface area contributed by atoms with E-state index in [0.717, 1.165) is 10.1 Å². The van der Waals surface area contributed by atoms with Crippen LogP contribution in [0.5, 0.6) is 0 Å². The first kappa shape index (κ1) is 10.9. The van der Waals surface area contributed by atoms with E-state index in [4.69, 9.17) is 16.9 Å². The van der Waals surface area contributed by atoms with Crippen molar-refractivity contribution >= 4 is 23.4 Å². The van der Waals surface area contributed by atoms with Crippen LogP contribution in [-0.4, -0.2) is 9.97 Å². The van der Waals surface area contributed by atoms with E-state index >= 15 is 0 Å². The van der Waals surface area contributed by atoms with Gasteiger partial charge in [-0.05, 0) is 24.3 Å². The van der Waals surface area contributed by atoms with E-state index < -0.39 is 0 Å². The largest absolute Gasteiger partial charge is 0.249 e. The number of rotatable bonds is 2. The molecule has 0 aliphatic heterocycles. The summed E-state index contributed by atoms with van der Waals surface area (Å²) in [5, 5.41) is 10.9. The molecular weight excluding hydrogens is 242 g/mol. The Morgan fingerprint density at radius 3 is 2.75 bits per heavy atom. The molecule has 0 atom stereocenters. The van der Waals surface area contributed by atoms with Gasteiger partial charge in [0.15, 0.2) is 0 Å². The van der Waals surface area contributed by atoms with Gasteiger partial charge in [0.25, 0.3) is 0 Å². The molecule has 0 saturated carbocycles. The molecular formula is C11H6ClN3S.